The summed E-state index contributed by atoms with van der Waals surface area (Å²) in [4.78, 5) is 8.13. The Hall–Kier alpha value is -1.90. The van der Waals surface area contributed by atoms with Gasteiger partial charge in [-0.1, -0.05) is 30.3 Å². The van der Waals surface area contributed by atoms with Crippen LogP contribution in [0.4, 0.5) is 5.82 Å². The van der Waals surface area contributed by atoms with Crippen LogP contribution in [-0.4, -0.2) is 9.97 Å². The molecule has 3 heteroatoms. The van der Waals surface area contributed by atoms with Gasteiger partial charge in [-0.25, -0.2) is 4.98 Å². The van der Waals surface area contributed by atoms with Gasteiger partial charge in [-0.05, 0) is 0 Å². The van der Waals surface area contributed by atoms with Gasteiger partial charge in [0.05, 0.1) is 0 Å². The van der Waals surface area contributed by atoms with Crippen molar-refractivity contribution in [1.29, 1.82) is 0 Å². The summed E-state index contributed by atoms with van der Waals surface area (Å²) in [6, 6.07) is 9.77. The molecular formula is C10H9N3. The normalized spacial score (nSPS) is 9.85. The highest BCUT2D eigenvalue weighted by molar-refractivity contribution is 5.68. The molecule has 2 N–H and O–H groups in total. The molecule has 0 fully saturated rings. The molecule has 0 atom stereocenters. The van der Waals surface area contributed by atoms with Gasteiger partial charge in [0.25, 0.3) is 0 Å². The number of hydrogen-bond donors (Lipinski definition) is 1. The molecule has 0 saturated carbocycles. The SMILES string of the molecule is Nc1nccnc1-c1ccccc1. The van der Waals surface area contributed by atoms with Crippen molar-refractivity contribution in [2.45, 2.75) is 0 Å². The highest BCUT2D eigenvalue weighted by Gasteiger charge is 2.01. The number of benzene rings is 1. The highest BCUT2D eigenvalue weighted by Crippen LogP contribution is 2.19. The fourth-order valence-electron chi connectivity index (χ4n) is 1.17. The fourth-order valence-corrected chi connectivity index (χ4v) is 1.17. The van der Waals surface area contributed by atoms with Crippen molar-refractivity contribution < 1.29 is 0 Å². The molecule has 0 unspecified atom stereocenters. The van der Waals surface area contributed by atoms with Gasteiger partial charge in [-0.15, -0.1) is 0 Å². The van der Waals surface area contributed by atoms with Crippen LogP contribution in [0.1, 0.15) is 0 Å². The maximum atomic E-state index is 5.68. The van der Waals surface area contributed by atoms with E-state index < -0.39 is 0 Å². The molecule has 0 saturated heterocycles. The zero-order valence-corrected chi connectivity index (χ0v) is 7.01. The summed E-state index contributed by atoms with van der Waals surface area (Å²) in [7, 11) is 0. The van der Waals surface area contributed by atoms with Gasteiger partial charge in [-0.2, -0.15) is 0 Å². The van der Waals surface area contributed by atoms with E-state index in [1.807, 2.05) is 30.3 Å². The van der Waals surface area contributed by atoms with Crippen LogP contribution in [0, 0.1) is 0 Å². The van der Waals surface area contributed by atoms with Crippen LogP contribution in [-0.2, 0) is 0 Å². The van der Waals surface area contributed by atoms with Gasteiger partial charge in [0.2, 0.25) is 0 Å². The molecule has 0 spiro atoms. The van der Waals surface area contributed by atoms with Crippen LogP contribution < -0.4 is 5.73 Å². The highest BCUT2D eigenvalue weighted by atomic mass is 14.9. The smallest absolute Gasteiger partial charge is 0.149 e. The Balaban J connectivity index is 2.54. The first-order valence-electron chi connectivity index (χ1n) is 4.00. The monoisotopic (exact) mass is 171 g/mol. The first kappa shape index (κ1) is 7.73. The van der Waals surface area contributed by atoms with Crippen LogP contribution >= 0.6 is 0 Å². The molecule has 0 aliphatic rings. The predicted octanol–water partition coefficient (Wildman–Crippen LogP) is 1.73. The molecule has 2 rings (SSSR count). The Labute approximate surface area is 76.3 Å². The molecular weight excluding hydrogens is 162 g/mol. The lowest BCUT2D eigenvalue weighted by molar-refractivity contribution is 1.22. The Morgan fingerprint density at radius 2 is 1.62 bits per heavy atom. The van der Waals surface area contributed by atoms with Gasteiger partial charge in [0, 0.05) is 18.0 Å². The van der Waals surface area contributed by atoms with E-state index in [-0.39, 0.29) is 0 Å². The zero-order chi connectivity index (χ0) is 9.10. The molecule has 0 aliphatic heterocycles. The lowest BCUT2D eigenvalue weighted by atomic mass is 10.1. The lowest BCUT2D eigenvalue weighted by Gasteiger charge is -2.01. The van der Waals surface area contributed by atoms with Crippen LogP contribution in [0.5, 0.6) is 0 Å². The molecule has 0 amide bonds. The molecule has 0 aliphatic carbocycles. The second-order valence-corrected chi connectivity index (χ2v) is 2.66. The summed E-state index contributed by atoms with van der Waals surface area (Å²) < 4.78 is 0. The first-order chi connectivity index (χ1) is 6.38. The van der Waals surface area contributed by atoms with Gasteiger partial charge >= 0.3 is 0 Å². The van der Waals surface area contributed by atoms with E-state index in [4.69, 9.17) is 5.73 Å². The number of anilines is 1. The minimum Gasteiger partial charge on any atom is -0.382 e. The van der Waals surface area contributed by atoms with E-state index in [1.54, 1.807) is 12.4 Å². The third-order valence-corrected chi connectivity index (χ3v) is 1.77. The number of rotatable bonds is 1. The van der Waals surface area contributed by atoms with E-state index in [9.17, 15) is 0 Å². The summed E-state index contributed by atoms with van der Waals surface area (Å²) in [5, 5.41) is 0. The van der Waals surface area contributed by atoms with Gasteiger partial charge < -0.3 is 5.73 Å². The minimum absolute atomic E-state index is 0.466. The Morgan fingerprint density at radius 3 is 2.31 bits per heavy atom. The van der Waals surface area contributed by atoms with Crippen LogP contribution in [0.25, 0.3) is 11.3 Å². The number of aromatic nitrogens is 2. The average molecular weight is 171 g/mol. The maximum absolute atomic E-state index is 5.68. The van der Waals surface area contributed by atoms with Crippen LogP contribution in [0.2, 0.25) is 0 Å². The average Bonchev–Trinajstić information content (AvgIpc) is 2.20. The van der Waals surface area contributed by atoms with E-state index in [0.29, 0.717) is 5.82 Å². The van der Waals surface area contributed by atoms with Crippen molar-refractivity contribution in [3.63, 3.8) is 0 Å². The standard InChI is InChI=1S/C10H9N3/c11-10-9(12-6-7-13-10)8-4-2-1-3-5-8/h1-7H,(H2,11,13). The number of hydrogen-bond acceptors (Lipinski definition) is 3. The Kier molecular flexibility index (Phi) is 1.92. The zero-order valence-electron chi connectivity index (χ0n) is 7.01. The summed E-state index contributed by atoms with van der Waals surface area (Å²) in [6.45, 7) is 0. The van der Waals surface area contributed by atoms with Crippen molar-refractivity contribution in [3.05, 3.63) is 42.7 Å². The van der Waals surface area contributed by atoms with Crippen molar-refractivity contribution >= 4 is 5.82 Å². The Morgan fingerprint density at radius 1 is 0.923 bits per heavy atom. The van der Waals surface area contributed by atoms with Crippen LogP contribution in [0.3, 0.4) is 0 Å². The topological polar surface area (TPSA) is 51.8 Å². The minimum atomic E-state index is 0.466. The third kappa shape index (κ3) is 1.49. The molecule has 64 valence electrons. The van der Waals surface area contributed by atoms with Gasteiger partial charge in [0.15, 0.2) is 0 Å². The maximum Gasteiger partial charge on any atom is 0.149 e. The molecule has 13 heavy (non-hydrogen) atoms. The number of nitrogens with two attached hydrogens (primary N) is 1. The van der Waals surface area contributed by atoms with E-state index in [1.165, 1.54) is 0 Å². The molecule has 1 heterocycles. The van der Waals surface area contributed by atoms with Crippen molar-refractivity contribution in [1.82, 2.24) is 9.97 Å². The molecule has 2 aromatic rings. The van der Waals surface area contributed by atoms with E-state index >= 15 is 0 Å². The lowest BCUT2D eigenvalue weighted by Crippen LogP contribution is -1.95. The van der Waals surface area contributed by atoms with Crippen LogP contribution in [0.15, 0.2) is 42.7 Å². The first-order valence-corrected chi connectivity index (χ1v) is 4.00. The number of nitrogens with zero attached hydrogens (tertiary/aromatic N) is 2. The quantitative estimate of drug-likeness (QED) is 0.710. The second kappa shape index (κ2) is 3.23. The summed E-state index contributed by atoms with van der Waals surface area (Å²) in [6.07, 6.45) is 3.22. The largest absolute Gasteiger partial charge is 0.382 e. The predicted molar refractivity (Wildman–Crippen MR) is 51.9 cm³/mol. The van der Waals surface area contributed by atoms with Crippen molar-refractivity contribution in [2.24, 2.45) is 0 Å². The Bertz CT molecular complexity index is 398. The van der Waals surface area contributed by atoms with Gasteiger partial charge in [-0.3, -0.25) is 4.98 Å². The van der Waals surface area contributed by atoms with Crippen molar-refractivity contribution in [2.75, 3.05) is 5.73 Å². The second-order valence-electron chi connectivity index (χ2n) is 2.66. The summed E-state index contributed by atoms with van der Waals surface area (Å²) in [5.41, 5.74) is 7.41. The molecule has 0 radical (unpaired) electrons. The molecule has 1 aromatic carbocycles. The fraction of sp³-hybridized carbons (Fsp3) is 0. The summed E-state index contributed by atoms with van der Waals surface area (Å²) >= 11 is 0. The van der Waals surface area contributed by atoms with E-state index in [2.05, 4.69) is 9.97 Å². The molecule has 0 bridgehead atoms. The number of nitrogen functional groups attached to an aromatic ring is 1. The molecule has 1 aromatic heterocycles. The summed E-state index contributed by atoms with van der Waals surface area (Å²) in [5.74, 6) is 0.466. The molecule has 3 nitrogen and oxygen atoms in total. The third-order valence-electron chi connectivity index (χ3n) is 1.77. The van der Waals surface area contributed by atoms with Crippen molar-refractivity contribution in [3.8, 4) is 11.3 Å². The van der Waals surface area contributed by atoms with Gasteiger partial charge in [0.1, 0.15) is 11.5 Å². The van der Waals surface area contributed by atoms with E-state index in [0.717, 1.165) is 11.3 Å².